The van der Waals surface area contributed by atoms with E-state index in [0.29, 0.717) is 36.4 Å². The van der Waals surface area contributed by atoms with Crippen LogP contribution < -0.4 is 15.0 Å². The molecule has 0 spiro atoms. The van der Waals surface area contributed by atoms with Crippen molar-refractivity contribution in [2.24, 2.45) is 0 Å². The van der Waals surface area contributed by atoms with E-state index in [4.69, 9.17) is 4.74 Å². The summed E-state index contributed by atoms with van der Waals surface area (Å²) in [4.78, 5) is 38.5. The molecule has 8 heteroatoms. The molecule has 1 N–H and O–H groups in total. The number of nitrogens with one attached hydrogen (secondary N) is 1. The van der Waals surface area contributed by atoms with Gasteiger partial charge < -0.3 is 15.0 Å². The Morgan fingerprint density at radius 3 is 2.35 bits per heavy atom. The van der Waals surface area contributed by atoms with Gasteiger partial charge in [0.25, 0.3) is 11.6 Å². The highest BCUT2D eigenvalue weighted by Crippen LogP contribution is 2.49. The van der Waals surface area contributed by atoms with Crippen molar-refractivity contribution >= 4 is 28.9 Å². The van der Waals surface area contributed by atoms with E-state index >= 15 is 0 Å². The zero-order valence-corrected chi connectivity index (χ0v) is 18.6. The first kappa shape index (κ1) is 21.6. The van der Waals surface area contributed by atoms with Gasteiger partial charge in [-0.15, -0.1) is 0 Å². The van der Waals surface area contributed by atoms with Crippen molar-refractivity contribution in [3.05, 3.63) is 93.5 Å². The highest BCUT2D eigenvalue weighted by molar-refractivity contribution is 6.08. The third-order valence-electron chi connectivity index (χ3n) is 6.64. The average Bonchev–Trinajstić information content (AvgIpc) is 3.58. The van der Waals surface area contributed by atoms with Crippen LogP contribution in [-0.4, -0.2) is 30.4 Å². The van der Waals surface area contributed by atoms with Crippen LogP contribution in [0.1, 0.15) is 34.3 Å². The van der Waals surface area contributed by atoms with Crippen LogP contribution >= 0.6 is 0 Å². The minimum atomic E-state index is -0.674. The Morgan fingerprint density at radius 1 is 1.03 bits per heavy atom. The number of carbonyl (C=O) groups is 2. The number of fused-ring (bicyclic) bond motifs is 1. The Hall–Kier alpha value is -4.20. The molecule has 0 saturated heterocycles. The van der Waals surface area contributed by atoms with E-state index in [1.165, 1.54) is 12.1 Å². The molecule has 0 atom stereocenters. The van der Waals surface area contributed by atoms with Crippen molar-refractivity contribution in [2.75, 3.05) is 23.9 Å². The van der Waals surface area contributed by atoms with E-state index in [1.54, 1.807) is 48.4 Å². The van der Waals surface area contributed by atoms with Crippen molar-refractivity contribution in [2.45, 2.75) is 24.7 Å². The molecule has 3 aromatic rings. The van der Waals surface area contributed by atoms with Crippen LogP contribution in [0.3, 0.4) is 0 Å². The lowest BCUT2D eigenvalue weighted by atomic mass is 9.94. The molecule has 1 saturated carbocycles. The maximum Gasteiger partial charge on any atom is 0.269 e. The molecule has 1 fully saturated rings. The number of hydrogen-bond donors (Lipinski definition) is 1. The van der Waals surface area contributed by atoms with Crippen LogP contribution in [0.15, 0.2) is 66.7 Å². The van der Waals surface area contributed by atoms with Crippen molar-refractivity contribution in [3.63, 3.8) is 0 Å². The smallest absolute Gasteiger partial charge is 0.269 e. The molecular weight excluding hydrogens is 434 g/mol. The summed E-state index contributed by atoms with van der Waals surface area (Å²) in [6, 6.07) is 18.8. The Labute approximate surface area is 196 Å². The van der Waals surface area contributed by atoms with Gasteiger partial charge in [0.1, 0.15) is 5.75 Å². The molecule has 34 heavy (non-hydrogen) atoms. The molecule has 0 bridgehead atoms. The van der Waals surface area contributed by atoms with E-state index in [1.807, 2.05) is 18.2 Å². The van der Waals surface area contributed by atoms with Crippen LogP contribution in [0.5, 0.6) is 5.75 Å². The van der Waals surface area contributed by atoms with Crippen LogP contribution in [-0.2, 0) is 16.6 Å². The van der Waals surface area contributed by atoms with Gasteiger partial charge in [0.15, 0.2) is 0 Å². The third kappa shape index (κ3) is 3.77. The molecular formula is C26H23N3O5. The second-order valence-corrected chi connectivity index (χ2v) is 8.62. The number of rotatable bonds is 6. The van der Waals surface area contributed by atoms with Gasteiger partial charge in [0.05, 0.1) is 17.4 Å². The van der Waals surface area contributed by atoms with E-state index in [0.717, 1.165) is 23.2 Å². The fourth-order valence-electron chi connectivity index (χ4n) is 4.48. The first-order chi connectivity index (χ1) is 16.4. The predicted molar refractivity (Wildman–Crippen MR) is 127 cm³/mol. The number of non-ortho nitro benzene ring substituents is 1. The zero-order chi connectivity index (χ0) is 23.9. The standard InChI is InChI=1S/C26H23N3O5/c1-34-22-10-3-18(4-11-22)24(30)28-15-12-17-2-7-20(16-23(17)28)27-25(31)26(13-14-26)19-5-8-21(9-6-19)29(32)33/h2-11,16H,12-15H2,1H3,(H,27,31). The minimum Gasteiger partial charge on any atom is -0.497 e. The van der Waals surface area contributed by atoms with Crippen LogP contribution in [0.25, 0.3) is 0 Å². The fourth-order valence-corrected chi connectivity index (χ4v) is 4.48. The number of methoxy groups -OCH3 is 1. The number of nitro benzene ring substituents is 1. The molecule has 2 amide bonds. The Balaban J connectivity index is 1.34. The summed E-state index contributed by atoms with van der Waals surface area (Å²) in [5, 5.41) is 13.9. The molecule has 2 aliphatic rings. The summed E-state index contributed by atoms with van der Waals surface area (Å²) >= 11 is 0. The summed E-state index contributed by atoms with van der Waals surface area (Å²) in [7, 11) is 1.58. The van der Waals surface area contributed by atoms with Gasteiger partial charge in [-0.05, 0) is 66.8 Å². The fraction of sp³-hybridized carbons (Fsp3) is 0.231. The van der Waals surface area contributed by atoms with Gasteiger partial charge in [0, 0.05) is 35.6 Å². The van der Waals surface area contributed by atoms with E-state index in [2.05, 4.69) is 5.32 Å². The molecule has 172 valence electrons. The van der Waals surface area contributed by atoms with Gasteiger partial charge >= 0.3 is 0 Å². The van der Waals surface area contributed by atoms with Gasteiger partial charge in [-0.1, -0.05) is 18.2 Å². The molecule has 0 radical (unpaired) electrons. The molecule has 0 aromatic heterocycles. The molecule has 8 nitrogen and oxygen atoms in total. The minimum absolute atomic E-state index is 0.000184. The summed E-state index contributed by atoms with van der Waals surface area (Å²) in [5.74, 6) is 0.437. The van der Waals surface area contributed by atoms with E-state index in [-0.39, 0.29) is 17.5 Å². The lowest BCUT2D eigenvalue weighted by Crippen LogP contribution is -2.29. The third-order valence-corrected chi connectivity index (χ3v) is 6.64. The molecule has 5 rings (SSSR count). The quantitative estimate of drug-likeness (QED) is 0.434. The summed E-state index contributed by atoms with van der Waals surface area (Å²) in [6.07, 6.45) is 2.12. The Bertz CT molecular complexity index is 1280. The first-order valence-corrected chi connectivity index (χ1v) is 11.1. The van der Waals surface area contributed by atoms with Crippen LogP contribution in [0, 0.1) is 10.1 Å². The average molecular weight is 457 g/mol. The Kier molecular flexibility index (Phi) is 5.28. The second kappa shape index (κ2) is 8.30. The van der Waals surface area contributed by atoms with Gasteiger partial charge in [-0.25, -0.2) is 0 Å². The number of carbonyl (C=O) groups excluding carboxylic acids is 2. The monoisotopic (exact) mass is 457 g/mol. The number of ether oxygens (including phenoxy) is 1. The molecule has 1 aliphatic heterocycles. The number of benzene rings is 3. The second-order valence-electron chi connectivity index (χ2n) is 8.62. The number of anilines is 2. The number of nitro groups is 1. The van der Waals surface area contributed by atoms with Crippen molar-refractivity contribution in [1.82, 2.24) is 0 Å². The lowest BCUT2D eigenvalue weighted by molar-refractivity contribution is -0.384. The van der Waals surface area contributed by atoms with Crippen LogP contribution in [0.2, 0.25) is 0 Å². The summed E-state index contributed by atoms with van der Waals surface area (Å²) < 4.78 is 5.17. The molecule has 0 unspecified atom stereocenters. The molecule has 1 aliphatic carbocycles. The Morgan fingerprint density at radius 2 is 1.74 bits per heavy atom. The van der Waals surface area contributed by atoms with Crippen molar-refractivity contribution in [3.8, 4) is 5.75 Å². The summed E-state index contributed by atoms with van der Waals surface area (Å²) in [6.45, 7) is 0.574. The molecule has 3 aromatic carbocycles. The molecule has 1 heterocycles. The SMILES string of the molecule is COc1ccc(C(=O)N2CCc3ccc(NC(=O)C4(c5ccc([N+](=O)[O-])cc5)CC4)cc32)cc1. The highest BCUT2D eigenvalue weighted by atomic mass is 16.6. The van der Waals surface area contributed by atoms with Gasteiger partial charge in [-0.3, -0.25) is 19.7 Å². The largest absolute Gasteiger partial charge is 0.497 e. The maximum absolute atomic E-state index is 13.2. The van der Waals surface area contributed by atoms with Gasteiger partial charge in [0.2, 0.25) is 5.91 Å². The normalized spacial score (nSPS) is 15.4. The maximum atomic E-state index is 13.2. The summed E-state index contributed by atoms with van der Waals surface area (Å²) in [5.41, 5.74) is 3.13. The van der Waals surface area contributed by atoms with Crippen molar-refractivity contribution < 1.29 is 19.2 Å². The number of nitrogens with zero attached hydrogens (tertiary/aromatic N) is 2. The number of hydrogen-bond acceptors (Lipinski definition) is 5. The highest BCUT2D eigenvalue weighted by Gasteiger charge is 2.51. The van der Waals surface area contributed by atoms with Crippen molar-refractivity contribution in [1.29, 1.82) is 0 Å². The number of amides is 2. The first-order valence-electron chi connectivity index (χ1n) is 11.1. The zero-order valence-electron chi connectivity index (χ0n) is 18.6. The van der Waals surface area contributed by atoms with E-state index in [9.17, 15) is 19.7 Å². The lowest BCUT2D eigenvalue weighted by Gasteiger charge is -2.20. The van der Waals surface area contributed by atoms with Gasteiger partial charge in [-0.2, -0.15) is 0 Å². The predicted octanol–water partition coefficient (Wildman–Crippen LogP) is 4.48. The topological polar surface area (TPSA) is 102 Å². The van der Waals surface area contributed by atoms with Crippen LogP contribution in [0.4, 0.5) is 17.1 Å². The van der Waals surface area contributed by atoms with E-state index < -0.39 is 10.3 Å².